The summed E-state index contributed by atoms with van der Waals surface area (Å²) in [7, 11) is 0. The fourth-order valence-corrected chi connectivity index (χ4v) is 3.98. The highest BCUT2D eigenvalue weighted by Gasteiger charge is 2.59. The number of nitrogens with one attached hydrogen (secondary N) is 1. The summed E-state index contributed by atoms with van der Waals surface area (Å²) in [6, 6.07) is 8.64. The van der Waals surface area contributed by atoms with Crippen LogP contribution >= 0.6 is 0 Å². The molecular formula is C18H21N3O. The maximum Gasteiger partial charge on any atom is 0.271 e. The van der Waals surface area contributed by atoms with E-state index in [1.54, 1.807) is 24.3 Å². The van der Waals surface area contributed by atoms with Gasteiger partial charge in [0.05, 0.1) is 11.6 Å². The van der Waals surface area contributed by atoms with E-state index in [4.69, 9.17) is 5.26 Å². The second-order valence-corrected chi connectivity index (χ2v) is 7.18. The molecule has 0 spiro atoms. The summed E-state index contributed by atoms with van der Waals surface area (Å²) in [5.41, 5.74) is 5.23. The summed E-state index contributed by atoms with van der Waals surface area (Å²) in [5.74, 6) is 0.448. The molecule has 3 rings (SSSR count). The molecule has 0 aromatic heterocycles. The molecule has 2 saturated carbocycles. The van der Waals surface area contributed by atoms with Crippen molar-refractivity contribution in [2.24, 2.45) is 21.8 Å². The Hall–Kier alpha value is -2.15. The molecule has 2 atom stereocenters. The summed E-state index contributed by atoms with van der Waals surface area (Å²) < 4.78 is 0. The Labute approximate surface area is 131 Å². The average molecular weight is 295 g/mol. The third kappa shape index (κ3) is 2.04. The molecule has 0 saturated heterocycles. The smallest absolute Gasteiger partial charge is 0.267 e. The standard InChI is InChI=1S/C18H21N3O/c1-17(2)14-8-9-18(17,3)15(10-14)20-21-16(22)13-6-4-12(11-19)5-7-13/h4-7,14H,8-10H2,1-3H3,(H,21,22)/b20-15+/t14-,18-/m1/s1. The zero-order valence-corrected chi connectivity index (χ0v) is 13.3. The van der Waals surface area contributed by atoms with Gasteiger partial charge in [0.15, 0.2) is 0 Å². The van der Waals surface area contributed by atoms with Crippen LogP contribution in [0.15, 0.2) is 29.4 Å². The summed E-state index contributed by atoms with van der Waals surface area (Å²) in [4.78, 5) is 12.2. The Kier molecular flexibility index (Phi) is 3.32. The molecule has 0 aliphatic heterocycles. The molecular weight excluding hydrogens is 274 g/mol. The van der Waals surface area contributed by atoms with Gasteiger partial charge in [0.1, 0.15) is 0 Å². The molecule has 4 heteroatoms. The van der Waals surface area contributed by atoms with E-state index in [0.29, 0.717) is 17.0 Å². The predicted molar refractivity (Wildman–Crippen MR) is 85.3 cm³/mol. The fraction of sp³-hybridized carbons (Fsp3) is 0.500. The maximum absolute atomic E-state index is 12.2. The number of carbonyl (C=O) groups is 1. The van der Waals surface area contributed by atoms with Gasteiger partial charge in [-0.2, -0.15) is 10.4 Å². The Morgan fingerprint density at radius 3 is 2.50 bits per heavy atom. The monoisotopic (exact) mass is 295 g/mol. The van der Waals surface area contributed by atoms with E-state index in [2.05, 4.69) is 31.3 Å². The molecule has 0 heterocycles. The first-order valence-corrected chi connectivity index (χ1v) is 7.76. The number of rotatable bonds is 2. The number of hydrazone groups is 1. The minimum absolute atomic E-state index is 0.0929. The van der Waals surface area contributed by atoms with Gasteiger partial charge in [-0.05, 0) is 54.9 Å². The summed E-state index contributed by atoms with van der Waals surface area (Å²) in [5, 5.41) is 13.2. The molecule has 0 unspecified atom stereocenters. The zero-order valence-electron chi connectivity index (χ0n) is 13.3. The van der Waals surface area contributed by atoms with Crippen LogP contribution < -0.4 is 5.43 Å². The maximum atomic E-state index is 12.2. The first kappa shape index (κ1) is 14.8. The molecule has 0 radical (unpaired) electrons. The van der Waals surface area contributed by atoms with Gasteiger partial charge in [0.25, 0.3) is 5.91 Å². The highest BCUT2D eigenvalue weighted by atomic mass is 16.2. The largest absolute Gasteiger partial charge is 0.271 e. The first-order chi connectivity index (χ1) is 10.4. The molecule has 1 amide bonds. The second kappa shape index (κ2) is 4.95. The molecule has 2 aliphatic rings. The van der Waals surface area contributed by atoms with E-state index in [1.165, 1.54) is 6.42 Å². The van der Waals surface area contributed by atoms with Gasteiger partial charge in [-0.25, -0.2) is 5.43 Å². The molecule has 114 valence electrons. The molecule has 4 nitrogen and oxygen atoms in total. The highest BCUT2D eigenvalue weighted by molar-refractivity contribution is 5.98. The van der Waals surface area contributed by atoms with Crippen LogP contribution in [0.4, 0.5) is 0 Å². The van der Waals surface area contributed by atoms with Gasteiger partial charge in [0.2, 0.25) is 0 Å². The average Bonchev–Trinajstić information content (AvgIpc) is 2.85. The fourth-order valence-electron chi connectivity index (χ4n) is 3.98. The number of fused-ring (bicyclic) bond motifs is 2. The lowest BCUT2D eigenvalue weighted by Gasteiger charge is -2.34. The molecule has 2 fully saturated rings. The molecule has 22 heavy (non-hydrogen) atoms. The van der Waals surface area contributed by atoms with E-state index in [1.807, 2.05) is 6.07 Å². The van der Waals surface area contributed by atoms with Crippen molar-refractivity contribution in [3.8, 4) is 6.07 Å². The van der Waals surface area contributed by atoms with Crippen molar-refractivity contribution < 1.29 is 4.79 Å². The molecule has 2 aliphatic carbocycles. The van der Waals surface area contributed by atoms with Crippen LogP contribution in [0.2, 0.25) is 0 Å². The third-order valence-electron chi connectivity index (χ3n) is 6.08. The van der Waals surface area contributed by atoms with Crippen molar-refractivity contribution in [2.75, 3.05) is 0 Å². The number of hydrogen-bond acceptors (Lipinski definition) is 3. The van der Waals surface area contributed by atoms with E-state index < -0.39 is 0 Å². The summed E-state index contributed by atoms with van der Waals surface area (Å²) in [6.07, 6.45) is 3.39. The van der Waals surface area contributed by atoms with Crippen molar-refractivity contribution in [3.05, 3.63) is 35.4 Å². The minimum Gasteiger partial charge on any atom is -0.267 e. The van der Waals surface area contributed by atoms with Crippen molar-refractivity contribution in [3.63, 3.8) is 0 Å². The number of hydrogen-bond donors (Lipinski definition) is 1. The van der Waals surface area contributed by atoms with Gasteiger partial charge in [0, 0.05) is 16.7 Å². The van der Waals surface area contributed by atoms with Crippen LogP contribution in [-0.2, 0) is 0 Å². The van der Waals surface area contributed by atoms with Crippen LogP contribution in [0.3, 0.4) is 0 Å². The van der Waals surface area contributed by atoms with Crippen LogP contribution in [0.25, 0.3) is 0 Å². The molecule has 2 bridgehead atoms. The predicted octanol–water partition coefficient (Wildman–Crippen LogP) is 3.49. The van der Waals surface area contributed by atoms with Gasteiger partial charge >= 0.3 is 0 Å². The van der Waals surface area contributed by atoms with E-state index >= 15 is 0 Å². The first-order valence-electron chi connectivity index (χ1n) is 7.76. The second-order valence-electron chi connectivity index (χ2n) is 7.18. The van der Waals surface area contributed by atoms with Crippen LogP contribution in [0.5, 0.6) is 0 Å². The lowest BCUT2D eigenvalue weighted by atomic mass is 9.70. The lowest BCUT2D eigenvalue weighted by Crippen LogP contribution is -2.34. The van der Waals surface area contributed by atoms with Gasteiger partial charge in [-0.3, -0.25) is 4.79 Å². The highest BCUT2D eigenvalue weighted by Crippen LogP contribution is 2.63. The Morgan fingerprint density at radius 1 is 1.32 bits per heavy atom. The number of benzene rings is 1. The molecule has 1 N–H and O–H groups in total. The number of amides is 1. The minimum atomic E-state index is -0.221. The molecule has 1 aromatic rings. The Balaban J connectivity index is 1.75. The van der Waals surface area contributed by atoms with Crippen molar-refractivity contribution in [2.45, 2.75) is 40.0 Å². The van der Waals surface area contributed by atoms with E-state index in [9.17, 15) is 4.79 Å². The third-order valence-corrected chi connectivity index (χ3v) is 6.08. The summed E-state index contributed by atoms with van der Waals surface area (Å²) in [6.45, 7) is 6.90. The summed E-state index contributed by atoms with van der Waals surface area (Å²) >= 11 is 0. The van der Waals surface area contributed by atoms with Gasteiger partial charge in [-0.1, -0.05) is 20.8 Å². The quantitative estimate of drug-likeness (QED) is 0.849. The van der Waals surface area contributed by atoms with Crippen LogP contribution in [0, 0.1) is 28.1 Å². The zero-order chi connectivity index (χ0) is 16.0. The van der Waals surface area contributed by atoms with E-state index in [-0.39, 0.29) is 16.7 Å². The van der Waals surface area contributed by atoms with Gasteiger partial charge in [-0.15, -0.1) is 0 Å². The topological polar surface area (TPSA) is 65.2 Å². The normalized spacial score (nSPS) is 30.3. The van der Waals surface area contributed by atoms with Crippen LogP contribution in [0.1, 0.15) is 56.0 Å². The Bertz CT molecular complexity index is 681. The Morgan fingerprint density at radius 2 is 2.00 bits per heavy atom. The SMILES string of the molecule is CC1(C)[C@@H]2CC[C@]1(C)/C(=N/NC(=O)c1ccc(C#N)cc1)C2. The van der Waals surface area contributed by atoms with Gasteiger partial charge < -0.3 is 0 Å². The lowest BCUT2D eigenvalue weighted by molar-refractivity contribution is 0.0954. The number of nitriles is 1. The number of carbonyl (C=O) groups excluding carboxylic acids is 1. The number of nitrogens with zero attached hydrogens (tertiary/aromatic N) is 2. The van der Waals surface area contributed by atoms with Crippen molar-refractivity contribution in [1.82, 2.24) is 5.43 Å². The van der Waals surface area contributed by atoms with Crippen LogP contribution in [-0.4, -0.2) is 11.6 Å². The molecule has 1 aromatic carbocycles. The van der Waals surface area contributed by atoms with Crippen molar-refractivity contribution in [1.29, 1.82) is 5.26 Å². The van der Waals surface area contributed by atoms with Crippen molar-refractivity contribution >= 4 is 11.6 Å². The van der Waals surface area contributed by atoms with E-state index in [0.717, 1.165) is 18.6 Å².